The summed E-state index contributed by atoms with van der Waals surface area (Å²) in [5, 5.41) is -7.73. The Labute approximate surface area is 226 Å². The van der Waals surface area contributed by atoms with Gasteiger partial charge in [0.05, 0.1) is 0 Å². The van der Waals surface area contributed by atoms with E-state index in [1.165, 1.54) is 0 Å². The minimum absolute atomic E-state index is 0.514. The van der Waals surface area contributed by atoms with E-state index in [1.807, 2.05) is 0 Å². The van der Waals surface area contributed by atoms with E-state index < -0.39 is 97.5 Å². The number of hydrogen-bond donors (Lipinski definition) is 0. The van der Waals surface area contributed by atoms with Gasteiger partial charge in [0.1, 0.15) is 0 Å². The summed E-state index contributed by atoms with van der Waals surface area (Å²) < 4.78 is 274. The fourth-order valence-electron chi connectivity index (χ4n) is 2.78. The molecular formula is C17H21F17O6SSi. The van der Waals surface area contributed by atoms with Crippen LogP contribution in [0.5, 0.6) is 0 Å². The highest BCUT2D eigenvalue weighted by atomic mass is 32.2. The van der Waals surface area contributed by atoms with Crippen molar-refractivity contribution in [1.82, 2.24) is 0 Å². The molecule has 0 saturated heterocycles. The van der Waals surface area contributed by atoms with E-state index in [2.05, 4.69) is 4.43 Å². The minimum Gasteiger partial charge on any atom is -0.351 e. The van der Waals surface area contributed by atoms with Gasteiger partial charge in [-0.25, -0.2) is 8.42 Å². The molecule has 0 rings (SSSR count). The van der Waals surface area contributed by atoms with Crippen LogP contribution in [0.4, 0.5) is 74.6 Å². The van der Waals surface area contributed by atoms with E-state index in [0.29, 0.717) is 6.92 Å². The van der Waals surface area contributed by atoms with Crippen molar-refractivity contribution in [3.8, 4) is 0 Å². The molecule has 0 bridgehead atoms. The molecule has 1 unspecified atom stereocenters. The van der Waals surface area contributed by atoms with Gasteiger partial charge in [-0.1, -0.05) is 6.92 Å². The van der Waals surface area contributed by atoms with Crippen LogP contribution in [0.1, 0.15) is 34.1 Å². The fourth-order valence-corrected chi connectivity index (χ4v) is 6.90. The molecule has 0 aromatic carbocycles. The topological polar surface area (TPSA) is 71.1 Å². The zero-order chi connectivity index (χ0) is 34.2. The maximum absolute atomic E-state index is 14.6. The van der Waals surface area contributed by atoms with Crippen LogP contribution in [-0.4, -0.2) is 89.7 Å². The molecule has 0 aromatic rings. The van der Waals surface area contributed by atoms with E-state index in [1.54, 1.807) is 0 Å². The first-order chi connectivity index (χ1) is 18.3. The molecule has 0 aromatic heterocycles. The van der Waals surface area contributed by atoms with Crippen molar-refractivity contribution >= 4 is 18.9 Å². The minimum atomic E-state index is -8.93. The summed E-state index contributed by atoms with van der Waals surface area (Å²) in [5.41, 5.74) is -3.55. The number of halogens is 17. The van der Waals surface area contributed by atoms with Gasteiger partial charge in [0, 0.05) is 19.8 Å². The Bertz CT molecular complexity index is 1000. The smallest absolute Gasteiger partial charge is 0.351 e. The summed E-state index contributed by atoms with van der Waals surface area (Å²) >= 11 is 0. The molecule has 6 nitrogen and oxygen atoms in total. The third-order valence-electron chi connectivity index (χ3n) is 4.97. The van der Waals surface area contributed by atoms with Crippen LogP contribution in [0.2, 0.25) is 0 Å². The molecule has 0 saturated carbocycles. The van der Waals surface area contributed by atoms with E-state index in [0.717, 1.165) is 20.8 Å². The Morgan fingerprint density at radius 2 is 0.810 bits per heavy atom. The van der Waals surface area contributed by atoms with E-state index in [4.69, 9.17) is 13.3 Å². The maximum Gasteiger partial charge on any atom is 0.680 e. The molecule has 0 aliphatic heterocycles. The molecule has 0 aliphatic carbocycles. The van der Waals surface area contributed by atoms with Crippen molar-refractivity contribution in [1.29, 1.82) is 0 Å². The molecule has 0 aliphatic rings. The monoisotopic (exact) mass is 704 g/mol. The predicted octanol–water partition coefficient (Wildman–Crippen LogP) is 6.67. The normalized spacial score (nSPS) is 16.6. The average Bonchev–Trinajstić information content (AvgIpc) is 2.81. The van der Waals surface area contributed by atoms with E-state index in [9.17, 15) is 83.1 Å². The molecule has 25 heteroatoms. The van der Waals surface area contributed by atoms with Crippen LogP contribution in [0.25, 0.3) is 0 Å². The van der Waals surface area contributed by atoms with Crippen LogP contribution >= 0.6 is 0 Å². The first kappa shape index (κ1) is 40.8. The van der Waals surface area contributed by atoms with Crippen molar-refractivity contribution in [2.24, 2.45) is 0 Å². The highest BCUT2D eigenvalue weighted by molar-refractivity contribution is 7.93. The van der Waals surface area contributed by atoms with Gasteiger partial charge in [-0.2, -0.15) is 74.6 Å². The lowest BCUT2D eigenvalue weighted by Crippen LogP contribution is -2.75. The van der Waals surface area contributed by atoms with Gasteiger partial charge in [-0.05, 0) is 27.2 Å². The predicted molar refractivity (Wildman–Crippen MR) is 105 cm³/mol. The molecule has 0 radical (unpaired) electrons. The van der Waals surface area contributed by atoms with Gasteiger partial charge in [-0.15, -0.1) is 0 Å². The lowest BCUT2D eigenvalue weighted by atomic mass is 9.91. The van der Waals surface area contributed by atoms with Crippen molar-refractivity contribution in [2.75, 3.05) is 19.8 Å². The molecule has 0 fully saturated rings. The maximum atomic E-state index is 14.6. The molecule has 0 N–H and O–H groups in total. The second-order valence-corrected chi connectivity index (χ2v) is 12.0. The van der Waals surface area contributed by atoms with Gasteiger partial charge in [0.25, 0.3) is 0 Å². The summed E-state index contributed by atoms with van der Waals surface area (Å²) in [5.74, 6) is -52.1. The highest BCUT2D eigenvalue weighted by Gasteiger charge is 2.96. The molecule has 1 atom stereocenters. The molecule has 0 amide bonds. The van der Waals surface area contributed by atoms with Crippen molar-refractivity contribution in [3.05, 3.63) is 0 Å². The largest absolute Gasteiger partial charge is 0.680 e. The van der Waals surface area contributed by atoms with Crippen LogP contribution < -0.4 is 0 Å². The molecule has 0 heterocycles. The Morgan fingerprint density at radius 1 is 0.524 bits per heavy atom. The second kappa shape index (κ2) is 12.3. The zero-order valence-corrected chi connectivity index (χ0v) is 23.0. The summed E-state index contributed by atoms with van der Waals surface area (Å²) in [6.45, 7) is 2.25. The van der Waals surface area contributed by atoms with E-state index in [-0.39, 0.29) is 0 Å². The number of sulfone groups is 1. The molecule has 254 valence electrons. The van der Waals surface area contributed by atoms with Gasteiger partial charge in [0.15, 0.2) is 5.44 Å². The highest BCUT2D eigenvalue weighted by Crippen LogP contribution is 2.64. The van der Waals surface area contributed by atoms with Crippen molar-refractivity contribution in [3.63, 3.8) is 0 Å². The van der Waals surface area contributed by atoms with Crippen LogP contribution in [0, 0.1) is 0 Å². The third kappa shape index (κ3) is 6.05. The summed E-state index contributed by atoms with van der Waals surface area (Å²) in [4.78, 5) is 0. The van der Waals surface area contributed by atoms with E-state index >= 15 is 0 Å². The SMILES string of the molecule is CCO[Si](OCC)(OCC)OC(CC)S(=O)(=O)C(F)(F)C(F)(F)C(F)(F)C(F)(F)C(F)(F)C(F)(F)C(F)(F)C(F)(F)F. The summed E-state index contributed by atoms with van der Waals surface area (Å²) in [6.07, 6.45) is -9.39. The number of alkyl halides is 17. The Morgan fingerprint density at radius 3 is 1.07 bits per heavy atom. The standard InChI is InChI=1S/C17H21F17O6SSi/c1-5-9(40-42(37-6-2,38-7-3)39-8-4)41(35,36)17(33,34)15(28,29)13(24,25)11(20,21)10(18,19)12(22,23)14(26,27)16(30,31)32/h9H,5-8H2,1-4H3. The summed E-state index contributed by atoms with van der Waals surface area (Å²) in [7, 11) is -12.6. The zero-order valence-electron chi connectivity index (χ0n) is 21.2. The Hall–Kier alpha value is -1.18. The quantitative estimate of drug-likeness (QED) is 0.125. The van der Waals surface area contributed by atoms with Crippen LogP contribution in [0.3, 0.4) is 0 Å². The van der Waals surface area contributed by atoms with Gasteiger partial charge >= 0.3 is 56.0 Å². The van der Waals surface area contributed by atoms with Crippen LogP contribution in [0.15, 0.2) is 0 Å². The summed E-state index contributed by atoms with van der Waals surface area (Å²) in [6, 6.07) is 0. The molecular weight excluding hydrogens is 683 g/mol. The lowest BCUT2D eigenvalue weighted by molar-refractivity contribution is -0.458. The second-order valence-electron chi connectivity index (χ2n) is 7.76. The average molecular weight is 704 g/mol. The lowest BCUT2D eigenvalue weighted by Gasteiger charge is -2.43. The molecule has 42 heavy (non-hydrogen) atoms. The van der Waals surface area contributed by atoms with Crippen LogP contribution in [-0.2, 0) is 27.5 Å². The first-order valence-corrected chi connectivity index (χ1v) is 14.1. The van der Waals surface area contributed by atoms with Gasteiger partial charge in [0.2, 0.25) is 9.84 Å². The third-order valence-corrected chi connectivity index (χ3v) is 9.73. The Balaban J connectivity index is 7.14. The fraction of sp³-hybridized carbons (Fsp3) is 1.00. The van der Waals surface area contributed by atoms with Crippen molar-refractivity contribution < 1.29 is 101 Å². The first-order valence-electron chi connectivity index (χ1n) is 10.9. The van der Waals surface area contributed by atoms with Gasteiger partial charge < -0.3 is 17.7 Å². The number of hydrogen-bond acceptors (Lipinski definition) is 6. The molecule has 0 spiro atoms. The Kier molecular flexibility index (Phi) is 12.0. The number of rotatable bonds is 17. The van der Waals surface area contributed by atoms with Gasteiger partial charge in [-0.3, -0.25) is 0 Å². The van der Waals surface area contributed by atoms with Crippen molar-refractivity contribution in [2.45, 2.75) is 86.5 Å².